The predicted octanol–water partition coefficient (Wildman–Crippen LogP) is 4.11. The van der Waals surface area contributed by atoms with E-state index in [2.05, 4.69) is 6.92 Å². The number of nitrogens with zero attached hydrogens (tertiary/aromatic N) is 1. The summed E-state index contributed by atoms with van der Waals surface area (Å²) in [6.07, 6.45) is 4.95. The van der Waals surface area contributed by atoms with E-state index in [-0.39, 0.29) is 22.2 Å². The van der Waals surface area contributed by atoms with E-state index in [0.717, 1.165) is 31.7 Å². The number of unbranched alkanes of at least 4 members (excludes halogenated alkanes) is 4. The van der Waals surface area contributed by atoms with Crippen molar-refractivity contribution in [2.24, 2.45) is 0 Å². The van der Waals surface area contributed by atoms with E-state index in [1.54, 1.807) is 0 Å². The molecule has 0 aliphatic carbocycles. The van der Waals surface area contributed by atoms with Gasteiger partial charge < -0.3 is 4.89 Å². The minimum Gasteiger partial charge on any atom is -0.341 e. The molecule has 0 aromatic heterocycles. The number of hydrogen-bond donors (Lipinski definition) is 1. The van der Waals surface area contributed by atoms with E-state index in [9.17, 15) is 19.6 Å². The Morgan fingerprint density at radius 2 is 1.95 bits per heavy atom. The lowest BCUT2D eigenvalue weighted by Crippen LogP contribution is -2.08. The van der Waals surface area contributed by atoms with Gasteiger partial charge in [0.15, 0.2) is 0 Å². The summed E-state index contributed by atoms with van der Waals surface area (Å²) < 4.78 is 12.2. The Kier molecular flexibility index (Phi) is 6.66. The fraction of sp³-hybridized carbons (Fsp3) is 0.538. The van der Waals surface area contributed by atoms with E-state index >= 15 is 0 Å². The minimum absolute atomic E-state index is 0.0262. The average Bonchev–Trinajstić information content (AvgIpc) is 2.38. The smallest absolute Gasteiger partial charge is 0.288 e. The third-order valence-corrected chi connectivity index (χ3v) is 5.42. The molecule has 0 radical (unpaired) electrons. The Hall–Kier alpha value is -0.900. The first kappa shape index (κ1) is 17.2. The van der Waals surface area contributed by atoms with Crippen LogP contribution in [0.15, 0.2) is 18.2 Å². The average molecular weight is 320 g/mol. The number of hydrogen-bond acceptors (Lipinski definition) is 3. The van der Waals surface area contributed by atoms with Crippen LogP contribution in [0.2, 0.25) is 5.02 Å². The second kappa shape index (κ2) is 7.77. The molecule has 0 aliphatic heterocycles. The van der Waals surface area contributed by atoms with E-state index in [4.69, 9.17) is 11.6 Å². The Bertz CT molecular complexity index is 521. The highest BCUT2D eigenvalue weighted by atomic mass is 35.5. The summed E-state index contributed by atoms with van der Waals surface area (Å²) in [6, 6.07) is 3.80. The van der Waals surface area contributed by atoms with Gasteiger partial charge in [-0.1, -0.05) is 44.2 Å². The van der Waals surface area contributed by atoms with Crippen molar-refractivity contribution >= 4 is 30.0 Å². The van der Waals surface area contributed by atoms with Crippen molar-refractivity contribution < 1.29 is 14.4 Å². The molecule has 1 unspecified atom stereocenters. The molecule has 1 aromatic carbocycles. The van der Waals surface area contributed by atoms with E-state index in [0.29, 0.717) is 6.42 Å². The lowest BCUT2D eigenvalue weighted by Gasteiger charge is -2.11. The van der Waals surface area contributed by atoms with Crippen LogP contribution in [0.5, 0.6) is 0 Å². The molecule has 7 heteroatoms. The van der Waals surface area contributed by atoms with Gasteiger partial charge in [-0.15, -0.1) is 0 Å². The number of nitro benzene ring substituents is 1. The molecule has 0 saturated carbocycles. The molecule has 1 atom stereocenters. The molecular weight excluding hydrogens is 301 g/mol. The first-order valence-corrected chi connectivity index (χ1v) is 8.87. The van der Waals surface area contributed by atoms with Crippen LogP contribution in [-0.4, -0.2) is 16.0 Å². The molecule has 1 N–H and O–H groups in total. The predicted molar refractivity (Wildman–Crippen MR) is 81.2 cm³/mol. The van der Waals surface area contributed by atoms with Crippen molar-refractivity contribution in [2.45, 2.75) is 39.0 Å². The van der Waals surface area contributed by atoms with Gasteiger partial charge in [-0.05, 0) is 18.6 Å². The molecule has 0 fully saturated rings. The van der Waals surface area contributed by atoms with Crippen molar-refractivity contribution in [2.75, 3.05) is 6.16 Å². The summed E-state index contributed by atoms with van der Waals surface area (Å²) >= 11 is 5.69. The SMILES string of the molecule is CCCCCCCP(=O)(O)c1ccc(Cl)c([N+](=O)[O-])c1. The molecule has 0 heterocycles. The van der Waals surface area contributed by atoms with Gasteiger partial charge in [0, 0.05) is 17.5 Å². The molecule has 0 amide bonds. The van der Waals surface area contributed by atoms with Crippen molar-refractivity contribution in [1.82, 2.24) is 0 Å². The standard InChI is InChI=1S/C13H19ClNO4P/c1-2-3-4-5-6-9-20(18,19)11-7-8-12(14)13(10-11)15(16)17/h7-8,10H,2-6,9H2,1H3,(H,18,19). The molecule has 20 heavy (non-hydrogen) atoms. The highest BCUT2D eigenvalue weighted by Gasteiger charge is 2.24. The number of benzene rings is 1. The highest BCUT2D eigenvalue weighted by Crippen LogP contribution is 2.42. The van der Waals surface area contributed by atoms with E-state index in [1.165, 1.54) is 12.1 Å². The normalized spacial score (nSPS) is 13.9. The fourth-order valence-corrected chi connectivity index (χ4v) is 3.65. The maximum Gasteiger partial charge on any atom is 0.288 e. The molecule has 5 nitrogen and oxygen atoms in total. The Labute approximate surface area is 123 Å². The van der Waals surface area contributed by atoms with Gasteiger partial charge in [-0.3, -0.25) is 14.7 Å². The zero-order valence-corrected chi connectivity index (χ0v) is 13.1. The lowest BCUT2D eigenvalue weighted by molar-refractivity contribution is -0.384. The molecule has 0 aliphatic rings. The Morgan fingerprint density at radius 3 is 2.55 bits per heavy atom. The van der Waals surface area contributed by atoms with E-state index < -0.39 is 12.3 Å². The Morgan fingerprint density at radius 1 is 1.30 bits per heavy atom. The van der Waals surface area contributed by atoms with Crippen molar-refractivity contribution in [3.05, 3.63) is 33.3 Å². The number of halogens is 1. The van der Waals surface area contributed by atoms with Crippen LogP contribution in [0, 0.1) is 10.1 Å². The van der Waals surface area contributed by atoms with Crippen molar-refractivity contribution in [3.63, 3.8) is 0 Å². The van der Waals surface area contributed by atoms with Crippen LogP contribution in [-0.2, 0) is 4.57 Å². The van der Waals surface area contributed by atoms with Gasteiger partial charge in [-0.2, -0.15) is 0 Å². The van der Waals surface area contributed by atoms with Gasteiger partial charge in [0.05, 0.1) is 4.92 Å². The third kappa shape index (κ3) is 4.89. The molecule has 0 spiro atoms. The topological polar surface area (TPSA) is 80.4 Å². The van der Waals surface area contributed by atoms with Crippen molar-refractivity contribution in [3.8, 4) is 0 Å². The second-order valence-corrected chi connectivity index (χ2v) is 7.51. The van der Waals surface area contributed by atoms with Crippen LogP contribution >= 0.6 is 19.0 Å². The van der Waals surface area contributed by atoms with Gasteiger partial charge >= 0.3 is 0 Å². The van der Waals surface area contributed by atoms with Crippen LogP contribution < -0.4 is 5.30 Å². The van der Waals surface area contributed by atoms with Crippen molar-refractivity contribution in [1.29, 1.82) is 0 Å². The third-order valence-electron chi connectivity index (χ3n) is 3.09. The summed E-state index contributed by atoms with van der Waals surface area (Å²) in [5, 5.41) is 10.9. The Balaban J connectivity index is 2.74. The van der Waals surface area contributed by atoms with Crippen LogP contribution in [0.4, 0.5) is 5.69 Å². The van der Waals surface area contributed by atoms with Gasteiger partial charge in [0.1, 0.15) is 5.02 Å². The number of nitro groups is 1. The summed E-state index contributed by atoms with van der Waals surface area (Å²) in [6.45, 7) is 2.10. The van der Waals surface area contributed by atoms with Gasteiger partial charge in [0.25, 0.3) is 5.69 Å². The fourth-order valence-electron chi connectivity index (χ4n) is 1.92. The maximum atomic E-state index is 12.2. The summed E-state index contributed by atoms with van der Waals surface area (Å²) in [4.78, 5) is 20.2. The molecule has 1 rings (SSSR count). The maximum absolute atomic E-state index is 12.2. The number of rotatable bonds is 8. The highest BCUT2D eigenvalue weighted by molar-refractivity contribution is 7.66. The first-order valence-electron chi connectivity index (χ1n) is 6.65. The van der Waals surface area contributed by atoms with Crippen LogP contribution in [0.25, 0.3) is 0 Å². The molecule has 0 bridgehead atoms. The quantitative estimate of drug-likeness (QED) is 0.338. The van der Waals surface area contributed by atoms with Crippen LogP contribution in [0.3, 0.4) is 0 Å². The van der Waals surface area contributed by atoms with Gasteiger partial charge in [0.2, 0.25) is 7.37 Å². The zero-order chi connectivity index (χ0) is 15.2. The second-order valence-electron chi connectivity index (χ2n) is 4.73. The first-order chi connectivity index (χ1) is 9.38. The summed E-state index contributed by atoms with van der Waals surface area (Å²) in [7, 11) is -3.54. The van der Waals surface area contributed by atoms with Gasteiger partial charge in [-0.25, -0.2) is 0 Å². The molecule has 112 valence electrons. The minimum atomic E-state index is -3.54. The van der Waals surface area contributed by atoms with E-state index in [1.807, 2.05) is 0 Å². The summed E-state index contributed by atoms with van der Waals surface area (Å²) in [5.41, 5.74) is -0.329. The zero-order valence-electron chi connectivity index (χ0n) is 11.4. The monoisotopic (exact) mass is 319 g/mol. The molecule has 0 saturated heterocycles. The lowest BCUT2D eigenvalue weighted by atomic mass is 10.2. The largest absolute Gasteiger partial charge is 0.341 e. The molecule has 1 aromatic rings. The molecular formula is C13H19ClNO4P. The van der Waals surface area contributed by atoms with Crippen LogP contribution in [0.1, 0.15) is 39.0 Å². The summed E-state index contributed by atoms with van der Waals surface area (Å²) in [5.74, 6) is 0.